The highest BCUT2D eigenvalue weighted by molar-refractivity contribution is 5.74. The SMILES string of the molecule is N#Cc1ccnc(C(N)C(=O)O)c1. The van der Waals surface area contributed by atoms with Crippen molar-refractivity contribution >= 4 is 5.97 Å². The third-order valence-electron chi connectivity index (χ3n) is 1.49. The summed E-state index contributed by atoms with van der Waals surface area (Å²) in [5.74, 6) is -1.16. The molecule has 0 saturated carbocycles. The van der Waals surface area contributed by atoms with Crippen LogP contribution in [0.5, 0.6) is 0 Å². The van der Waals surface area contributed by atoms with E-state index in [0.29, 0.717) is 5.56 Å². The van der Waals surface area contributed by atoms with Crippen molar-refractivity contribution in [2.75, 3.05) is 0 Å². The van der Waals surface area contributed by atoms with E-state index in [1.54, 1.807) is 0 Å². The van der Waals surface area contributed by atoms with Crippen molar-refractivity contribution < 1.29 is 9.90 Å². The molecule has 5 nitrogen and oxygen atoms in total. The quantitative estimate of drug-likeness (QED) is 0.664. The van der Waals surface area contributed by atoms with Crippen LogP contribution in [-0.4, -0.2) is 16.1 Å². The van der Waals surface area contributed by atoms with Crippen molar-refractivity contribution in [3.63, 3.8) is 0 Å². The molecule has 3 N–H and O–H groups in total. The van der Waals surface area contributed by atoms with Crippen LogP contribution in [0.1, 0.15) is 17.3 Å². The van der Waals surface area contributed by atoms with E-state index >= 15 is 0 Å². The molecule has 0 radical (unpaired) electrons. The molecule has 0 aliphatic carbocycles. The zero-order chi connectivity index (χ0) is 9.84. The Balaban J connectivity index is 3.03. The van der Waals surface area contributed by atoms with Crippen LogP contribution in [-0.2, 0) is 4.79 Å². The topological polar surface area (TPSA) is 100 Å². The minimum Gasteiger partial charge on any atom is -0.480 e. The third kappa shape index (κ3) is 2.01. The lowest BCUT2D eigenvalue weighted by molar-refractivity contribution is -0.138. The summed E-state index contributed by atoms with van der Waals surface area (Å²) in [4.78, 5) is 14.2. The summed E-state index contributed by atoms with van der Waals surface area (Å²) in [6.45, 7) is 0. The Morgan fingerprint density at radius 2 is 2.46 bits per heavy atom. The van der Waals surface area contributed by atoms with E-state index in [0.717, 1.165) is 0 Å². The molecular formula is C8H7N3O2. The lowest BCUT2D eigenvalue weighted by atomic mass is 10.1. The van der Waals surface area contributed by atoms with Crippen molar-refractivity contribution in [2.45, 2.75) is 6.04 Å². The van der Waals surface area contributed by atoms with Crippen LogP contribution in [0.4, 0.5) is 0 Å². The number of nitriles is 1. The second-order valence-electron chi connectivity index (χ2n) is 2.40. The van der Waals surface area contributed by atoms with Gasteiger partial charge >= 0.3 is 5.97 Å². The van der Waals surface area contributed by atoms with Gasteiger partial charge in [-0.25, -0.2) is 0 Å². The van der Waals surface area contributed by atoms with Crippen LogP contribution in [0, 0.1) is 11.3 Å². The molecule has 1 atom stereocenters. The summed E-state index contributed by atoms with van der Waals surface area (Å²) in [7, 11) is 0. The molecule has 0 fully saturated rings. The molecule has 1 rings (SSSR count). The number of nitrogens with zero attached hydrogens (tertiary/aromatic N) is 2. The molecule has 0 aromatic carbocycles. The summed E-state index contributed by atoms with van der Waals surface area (Å²) in [6.07, 6.45) is 1.36. The number of carboxylic acids is 1. The van der Waals surface area contributed by atoms with E-state index in [2.05, 4.69) is 4.98 Å². The highest BCUT2D eigenvalue weighted by Gasteiger charge is 2.15. The Hall–Kier alpha value is -1.93. The number of pyridine rings is 1. The van der Waals surface area contributed by atoms with E-state index in [1.807, 2.05) is 6.07 Å². The molecule has 1 heterocycles. The maximum atomic E-state index is 10.5. The number of rotatable bonds is 2. The van der Waals surface area contributed by atoms with Crippen LogP contribution in [0.3, 0.4) is 0 Å². The van der Waals surface area contributed by atoms with Gasteiger partial charge in [0.05, 0.1) is 17.3 Å². The smallest absolute Gasteiger partial charge is 0.326 e. The Kier molecular flexibility index (Phi) is 2.57. The molecule has 1 aromatic rings. The fourth-order valence-electron chi connectivity index (χ4n) is 0.814. The van der Waals surface area contributed by atoms with Gasteiger partial charge in [0.2, 0.25) is 0 Å². The minimum absolute atomic E-state index is 0.187. The lowest BCUT2D eigenvalue weighted by Crippen LogP contribution is -2.21. The summed E-state index contributed by atoms with van der Waals surface area (Å²) in [5.41, 5.74) is 5.83. The standard InChI is InChI=1S/C8H7N3O2/c9-4-5-1-2-11-6(3-5)7(10)8(12)13/h1-3,7H,10H2,(H,12,13). The molecule has 66 valence electrons. The number of hydrogen-bond donors (Lipinski definition) is 2. The van der Waals surface area contributed by atoms with Gasteiger partial charge in [-0.1, -0.05) is 0 Å². The number of aliphatic carboxylic acids is 1. The second kappa shape index (κ2) is 3.65. The Labute approximate surface area is 74.4 Å². The zero-order valence-electron chi connectivity index (χ0n) is 6.64. The van der Waals surface area contributed by atoms with Gasteiger partial charge in [0.1, 0.15) is 6.04 Å². The zero-order valence-corrected chi connectivity index (χ0v) is 6.64. The summed E-state index contributed by atoms with van der Waals surface area (Å²) in [5, 5.41) is 17.1. The molecule has 0 bridgehead atoms. The van der Waals surface area contributed by atoms with Gasteiger partial charge in [0.15, 0.2) is 0 Å². The lowest BCUT2D eigenvalue weighted by Gasteiger charge is -2.04. The first-order chi connectivity index (χ1) is 6.15. The maximum absolute atomic E-state index is 10.5. The second-order valence-corrected chi connectivity index (χ2v) is 2.40. The van der Waals surface area contributed by atoms with Gasteiger partial charge in [0.25, 0.3) is 0 Å². The van der Waals surface area contributed by atoms with Gasteiger partial charge in [-0.2, -0.15) is 5.26 Å². The number of carbonyl (C=O) groups is 1. The van der Waals surface area contributed by atoms with E-state index in [-0.39, 0.29) is 5.69 Å². The average Bonchev–Trinajstić information content (AvgIpc) is 2.16. The molecule has 0 aliphatic heterocycles. The molecule has 5 heteroatoms. The molecular weight excluding hydrogens is 170 g/mol. The number of hydrogen-bond acceptors (Lipinski definition) is 4. The molecule has 13 heavy (non-hydrogen) atoms. The first kappa shape index (κ1) is 9.16. The summed E-state index contributed by atoms with van der Waals surface area (Å²) >= 11 is 0. The summed E-state index contributed by atoms with van der Waals surface area (Å²) in [6, 6.07) is 3.54. The van der Waals surface area contributed by atoms with Crippen LogP contribution < -0.4 is 5.73 Å². The Morgan fingerprint density at radius 1 is 1.77 bits per heavy atom. The fraction of sp³-hybridized carbons (Fsp3) is 0.125. The van der Waals surface area contributed by atoms with E-state index < -0.39 is 12.0 Å². The van der Waals surface area contributed by atoms with Crippen molar-refractivity contribution in [1.82, 2.24) is 4.98 Å². The van der Waals surface area contributed by atoms with Crippen LogP contribution in [0.15, 0.2) is 18.3 Å². The largest absolute Gasteiger partial charge is 0.480 e. The molecule has 1 unspecified atom stereocenters. The van der Waals surface area contributed by atoms with E-state index in [9.17, 15) is 4.79 Å². The highest BCUT2D eigenvalue weighted by Crippen LogP contribution is 2.08. The van der Waals surface area contributed by atoms with Gasteiger partial charge in [0, 0.05) is 6.20 Å². The normalized spacial score (nSPS) is 11.7. The average molecular weight is 177 g/mol. The fourth-order valence-corrected chi connectivity index (χ4v) is 0.814. The molecule has 0 spiro atoms. The molecule has 0 amide bonds. The van der Waals surface area contributed by atoms with Crippen LogP contribution >= 0.6 is 0 Å². The van der Waals surface area contributed by atoms with Crippen LogP contribution in [0.2, 0.25) is 0 Å². The number of carboxylic acid groups (broad SMARTS) is 1. The molecule has 0 saturated heterocycles. The van der Waals surface area contributed by atoms with E-state index in [1.165, 1.54) is 18.3 Å². The van der Waals surface area contributed by atoms with Gasteiger partial charge in [-0.05, 0) is 12.1 Å². The predicted molar refractivity (Wildman–Crippen MR) is 43.5 cm³/mol. The third-order valence-corrected chi connectivity index (χ3v) is 1.49. The maximum Gasteiger partial charge on any atom is 0.326 e. The van der Waals surface area contributed by atoms with Crippen molar-refractivity contribution in [3.05, 3.63) is 29.6 Å². The van der Waals surface area contributed by atoms with Gasteiger partial charge in [-0.3, -0.25) is 9.78 Å². The van der Waals surface area contributed by atoms with Crippen molar-refractivity contribution in [3.8, 4) is 6.07 Å². The molecule has 0 aliphatic rings. The minimum atomic E-state index is -1.17. The molecule has 1 aromatic heterocycles. The first-order valence-corrected chi connectivity index (χ1v) is 3.49. The van der Waals surface area contributed by atoms with Gasteiger partial charge in [-0.15, -0.1) is 0 Å². The first-order valence-electron chi connectivity index (χ1n) is 3.49. The van der Waals surface area contributed by atoms with Crippen molar-refractivity contribution in [1.29, 1.82) is 5.26 Å². The predicted octanol–water partition coefficient (Wildman–Crippen LogP) is 0.0377. The number of nitrogens with two attached hydrogens (primary N) is 1. The van der Waals surface area contributed by atoms with Gasteiger partial charge < -0.3 is 10.8 Å². The Bertz CT molecular complexity index is 370. The summed E-state index contributed by atoms with van der Waals surface area (Å²) < 4.78 is 0. The van der Waals surface area contributed by atoms with Crippen LogP contribution in [0.25, 0.3) is 0 Å². The Morgan fingerprint density at radius 3 is 3.00 bits per heavy atom. The highest BCUT2D eigenvalue weighted by atomic mass is 16.4. The van der Waals surface area contributed by atoms with Crippen molar-refractivity contribution in [2.24, 2.45) is 5.73 Å². The monoisotopic (exact) mass is 177 g/mol. The van der Waals surface area contributed by atoms with E-state index in [4.69, 9.17) is 16.1 Å². The number of aromatic nitrogens is 1.